The third kappa shape index (κ3) is 5.44. The summed E-state index contributed by atoms with van der Waals surface area (Å²) in [5.74, 6) is 0.177. The molecule has 4 rings (SSSR count). The van der Waals surface area contributed by atoms with Crippen LogP contribution in [0.5, 0.6) is 0 Å². The Morgan fingerprint density at radius 2 is 1.75 bits per heavy atom. The molecule has 0 saturated carbocycles. The van der Waals surface area contributed by atoms with Gasteiger partial charge in [-0.1, -0.05) is 35.9 Å². The summed E-state index contributed by atoms with van der Waals surface area (Å²) in [6.45, 7) is 6.90. The van der Waals surface area contributed by atoms with Gasteiger partial charge < -0.3 is 9.80 Å². The maximum atomic E-state index is 13.2. The number of carbonyl (C=O) groups excluding carboxylic acids is 1. The molecule has 4 nitrogen and oxygen atoms in total. The largest absolute Gasteiger partial charge is 0.416 e. The minimum atomic E-state index is -4.35. The van der Waals surface area contributed by atoms with Crippen LogP contribution < -0.4 is 4.90 Å². The van der Waals surface area contributed by atoms with E-state index in [-0.39, 0.29) is 11.8 Å². The predicted octanol–water partition coefficient (Wildman–Crippen LogP) is 4.57. The molecule has 0 N–H and O–H groups in total. The van der Waals surface area contributed by atoms with Crippen LogP contribution in [0.15, 0.2) is 48.5 Å². The summed E-state index contributed by atoms with van der Waals surface area (Å²) in [6.07, 6.45) is -2.44. The van der Waals surface area contributed by atoms with Crippen molar-refractivity contribution in [1.29, 1.82) is 0 Å². The molecule has 2 fully saturated rings. The quantitative estimate of drug-likeness (QED) is 0.690. The summed E-state index contributed by atoms with van der Waals surface area (Å²) in [5.41, 5.74) is 2.44. The van der Waals surface area contributed by atoms with Crippen LogP contribution in [0.2, 0.25) is 0 Å². The molecule has 2 heterocycles. The highest BCUT2D eigenvalue weighted by Gasteiger charge is 2.33. The Balaban J connectivity index is 1.32. The standard InChI is InChI=1S/C25H30F3N3O/c1-19-5-2-6-20(15-19)17-29-10-4-7-21(18-29)24(32)31-13-11-30(12-14-31)23-9-3-8-22(16-23)25(26,27)28/h2-3,5-6,8-9,15-16,21H,4,7,10-14,17-18H2,1H3. The zero-order valence-corrected chi connectivity index (χ0v) is 18.4. The number of alkyl halides is 3. The molecule has 0 bridgehead atoms. The minimum absolute atomic E-state index is 0.00586. The van der Waals surface area contributed by atoms with Crippen molar-refractivity contribution in [2.24, 2.45) is 5.92 Å². The Kier molecular flexibility index (Phi) is 6.74. The average molecular weight is 446 g/mol. The summed E-state index contributed by atoms with van der Waals surface area (Å²) >= 11 is 0. The number of benzene rings is 2. The minimum Gasteiger partial charge on any atom is -0.368 e. The number of rotatable bonds is 4. The van der Waals surface area contributed by atoms with E-state index in [2.05, 4.69) is 36.1 Å². The molecule has 172 valence electrons. The summed E-state index contributed by atoms with van der Waals surface area (Å²) in [4.78, 5) is 19.4. The van der Waals surface area contributed by atoms with E-state index in [1.165, 1.54) is 23.3 Å². The monoisotopic (exact) mass is 445 g/mol. The van der Waals surface area contributed by atoms with Gasteiger partial charge in [-0.3, -0.25) is 9.69 Å². The molecular formula is C25H30F3N3O. The van der Waals surface area contributed by atoms with Gasteiger partial charge in [0.2, 0.25) is 5.91 Å². The molecule has 32 heavy (non-hydrogen) atoms. The Morgan fingerprint density at radius 1 is 1.00 bits per heavy atom. The summed E-state index contributed by atoms with van der Waals surface area (Å²) in [6, 6.07) is 13.9. The van der Waals surface area contributed by atoms with E-state index in [1.54, 1.807) is 6.07 Å². The van der Waals surface area contributed by atoms with Crippen LogP contribution in [-0.2, 0) is 17.5 Å². The number of amides is 1. The van der Waals surface area contributed by atoms with Crippen molar-refractivity contribution < 1.29 is 18.0 Å². The van der Waals surface area contributed by atoms with Gasteiger partial charge in [-0.05, 0) is 50.1 Å². The third-order valence-corrected chi connectivity index (χ3v) is 6.47. The van der Waals surface area contributed by atoms with Gasteiger partial charge in [0.15, 0.2) is 0 Å². The molecule has 0 spiro atoms. The molecule has 0 aromatic heterocycles. The Bertz CT molecular complexity index is 938. The molecule has 0 radical (unpaired) electrons. The first-order chi connectivity index (χ1) is 15.3. The van der Waals surface area contributed by atoms with Crippen LogP contribution in [0, 0.1) is 12.8 Å². The summed E-state index contributed by atoms with van der Waals surface area (Å²) < 4.78 is 39.1. The van der Waals surface area contributed by atoms with Crippen molar-refractivity contribution in [3.05, 3.63) is 65.2 Å². The van der Waals surface area contributed by atoms with E-state index >= 15 is 0 Å². The number of hydrogen-bond acceptors (Lipinski definition) is 3. The van der Waals surface area contributed by atoms with E-state index in [0.717, 1.165) is 38.5 Å². The van der Waals surface area contributed by atoms with Crippen molar-refractivity contribution in [3.63, 3.8) is 0 Å². The molecule has 0 aliphatic carbocycles. The first kappa shape index (κ1) is 22.6. The first-order valence-corrected chi connectivity index (χ1v) is 11.3. The highest BCUT2D eigenvalue weighted by atomic mass is 19.4. The normalized spacial score (nSPS) is 20.4. The van der Waals surface area contributed by atoms with E-state index in [4.69, 9.17) is 0 Å². The van der Waals surface area contributed by atoms with Gasteiger partial charge in [0.05, 0.1) is 11.5 Å². The number of hydrogen-bond donors (Lipinski definition) is 0. The van der Waals surface area contributed by atoms with Gasteiger partial charge in [0, 0.05) is 45.0 Å². The lowest BCUT2D eigenvalue weighted by Gasteiger charge is -2.40. The molecule has 1 atom stereocenters. The van der Waals surface area contributed by atoms with Crippen molar-refractivity contribution >= 4 is 11.6 Å². The number of nitrogens with zero attached hydrogens (tertiary/aromatic N) is 3. The zero-order chi connectivity index (χ0) is 22.7. The first-order valence-electron chi connectivity index (χ1n) is 11.3. The lowest BCUT2D eigenvalue weighted by molar-refractivity contribution is -0.138. The second kappa shape index (κ2) is 9.53. The number of anilines is 1. The topological polar surface area (TPSA) is 26.8 Å². The van der Waals surface area contributed by atoms with Crippen molar-refractivity contribution in [2.75, 3.05) is 44.2 Å². The van der Waals surface area contributed by atoms with Gasteiger partial charge in [0.25, 0.3) is 0 Å². The highest BCUT2D eigenvalue weighted by molar-refractivity contribution is 5.79. The number of halogens is 3. The van der Waals surface area contributed by atoms with E-state index in [9.17, 15) is 18.0 Å². The number of likely N-dealkylation sites (tertiary alicyclic amines) is 1. The van der Waals surface area contributed by atoms with Gasteiger partial charge in [-0.15, -0.1) is 0 Å². The fourth-order valence-electron chi connectivity index (χ4n) is 4.79. The number of piperidine rings is 1. The van der Waals surface area contributed by atoms with Crippen LogP contribution in [-0.4, -0.2) is 55.0 Å². The van der Waals surface area contributed by atoms with Crippen LogP contribution in [0.25, 0.3) is 0 Å². The van der Waals surface area contributed by atoms with Gasteiger partial charge >= 0.3 is 6.18 Å². The smallest absolute Gasteiger partial charge is 0.368 e. The van der Waals surface area contributed by atoms with E-state index in [1.807, 2.05) is 9.80 Å². The highest BCUT2D eigenvalue weighted by Crippen LogP contribution is 2.32. The summed E-state index contributed by atoms with van der Waals surface area (Å²) in [5, 5.41) is 0. The third-order valence-electron chi connectivity index (χ3n) is 6.47. The second-order valence-electron chi connectivity index (χ2n) is 8.92. The van der Waals surface area contributed by atoms with Gasteiger partial charge in [-0.25, -0.2) is 0 Å². The number of aryl methyl sites for hydroxylation is 1. The zero-order valence-electron chi connectivity index (χ0n) is 18.4. The SMILES string of the molecule is Cc1cccc(CN2CCCC(C(=O)N3CCN(c4cccc(C(F)(F)F)c4)CC3)C2)c1. The molecule has 7 heteroatoms. The number of carbonyl (C=O) groups is 1. The van der Waals surface area contributed by atoms with Crippen LogP contribution in [0.3, 0.4) is 0 Å². The van der Waals surface area contributed by atoms with Crippen molar-refractivity contribution in [3.8, 4) is 0 Å². The average Bonchev–Trinajstić information content (AvgIpc) is 2.78. The predicted molar refractivity (Wildman–Crippen MR) is 119 cm³/mol. The molecule has 1 amide bonds. The second-order valence-corrected chi connectivity index (χ2v) is 8.92. The Labute approximate surface area is 187 Å². The molecule has 2 aromatic carbocycles. The molecule has 2 aliphatic rings. The van der Waals surface area contributed by atoms with Crippen LogP contribution in [0.1, 0.15) is 29.5 Å². The van der Waals surface area contributed by atoms with Gasteiger partial charge in [-0.2, -0.15) is 13.2 Å². The van der Waals surface area contributed by atoms with Gasteiger partial charge in [0.1, 0.15) is 0 Å². The maximum Gasteiger partial charge on any atom is 0.416 e. The maximum absolute atomic E-state index is 13.2. The summed E-state index contributed by atoms with van der Waals surface area (Å²) in [7, 11) is 0. The molecule has 1 unspecified atom stereocenters. The van der Waals surface area contributed by atoms with Crippen LogP contribution in [0.4, 0.5) is 18.9 Å². The number of piperazine rings is 1. The van der Waals surface area contributed by atoms with E-state index in [0.29, 0.717) is 31.9 Å². The fraction of sp³-hybridized carbons (Fsp3) is 0.480. The molecule has 2 aromatic rings. The lowest BCUT2D eigenvalue weighted by Crippen LogP contribution is -2.52. The molecule has 2 aliphatic heterocycles. The van der Waals surface area contributed by atoms with Crippen molar-refractivity contribution in [1.82, 2.24) is 9.80 Å². The molecular weight excluding hydrogens is 415 g/mol. The van der Waals surface area contributed by atoms with Crippen LogP contribution >= 0.6 is 0 Å². The Hall–Kier alpha value is -2.54. The van der Waals surface area contributed by atoms with Crippen molar-refractivity contribution in [2.45, 2.75) is 32.5 Å². The lowest BCUT2D eigenvalue weighted by atomic mass is 9.95. The molecule has 2 saturated heterocycles. The fourth-order valence-corrected chi connectivity index (χ4v) is 4.79. The Morgan fingerprint density at radius 3 is 2.47 bits per heavy atom. The van der Waals surface area contributed by atoms with E-state index < -0.39 is 11.7 Å².